The maximum absolute atomic E-state index is 5.36. The van der Waals surface area contributed by atoms with Crippen LogP contribution in [0, 0.1) is 0 Å². The first kappa shape index (κ1) is 11.0. The zero-order chi connectivity index (χ0) is 10.5. The summed E-state index contributed by atoms with van der Waals surface area (Å²) >= 11 is 1.91. The number of rotatable bonds is 3. The van der Waals surface area contributed by atoms with Crippen LogP contribution in [0.5, 0.6) is 0 Å². The minimum Gasteiger partial charge on any atom is -0.381 e. The lowest BCUT2D eigenvalue weighted by Gasteiger charge is -2.26. The summed E-state index contributed by atoms with van der Waals surface area (Å²) in [5.74, 6) is 0. The molecular weight excluding hydrogens is 206 g/mol. The molecule has 1 fully saturated rings. The molecule has 0 radical (unpaired) electrons. The van der Waals surface area contributed by atoms with Crippen LogP contribution in [0.3, 0.4) is 0 Å². The molecule has 0 bridgehead atoms. The van der Waals surface area contributed by atoms with Gasteiger partial charge in [0.05, 0.1) is 11.1 Å². The Morgan fingerprint density at radius 1 is 1.27 bits per heavy atom. The summed E-state index contributed by atoms with van der Waals surface area (Å²) in [7, 11) is 1.82. The van der Waals surface area contributed by atoms with Crippen LogP contribution >= 0.6 is 11.8 Å². The van der Waals surface area contributed by atoms with Gasteiger partial charge in [0.25, 0.3) is 0 Å². The third kappa shape index (κ3) is 3.21. The fraction of sp³-hybridized carbons (Fsp3) is 0.583. The van der Waals surface area contributed by atoms with E-state index in [2.05, 4.69) is 17.1 Å². The van der Waals surface area contributed by atoms with Crippen molar-refractivity contribution >= 4 is 11.8 Å². The summed E-state index contributed by atoms with van der Waals surface area (Å²) in [5.41, 5.74) is 0. The van der Waals surface area contributed by atoms with Gasteiger partial charge in [-0.05, 0) is 37.8 Å². The lowest BCUT2D eigenvalue weighted by atomic mass is 9.97. The van der Waals surface area contributed by atoms with Crippen molar-refractivity contribution in [2.45, 2.75) is 42.1 Å². The first-order valence-corrected chi connectivity index (χ1v) is 6.37. The Labute approximate surface area is 95.4 Å². The molecule has 0 unspecified atom stereocenters. The van der Waals surface area contributed by atoms with E-state index in [4.69, 9.17) is 4.74 Å². The molecule has 1 aromatic rings. The highest BCUT2D eigenvalue weighted by Gasteiger charge is 2.21. The van der Waals surface area contributed by atoms with Crippen molar-refractivity contribution < 1.29 is 4.74 Å². The molecule has 2 rings (SSSR count). The third-order valence-corrected chi connectivity index (χ3v) is 4.17. The van der Waals surface area contributed by atoms with E-state index in [1.54, 1.807) is 0 Å². The second-order valence-electron chi connectivity index (χ2n) is 3.92. The van der Waals surface area contributed by atoms with E-state index in [9.17, 15) is 0 Å². The summed E-state index contributed by atoms with van der Waals surface area (Å²) in [4.78, 5) is 4.34. The Kier molecular flexibility index (Phi) is 4.03. The number of pyridine rings is 1. The van der Waals surface area contributed by atoms with Crippen LogP contribution < -0.4 is 0 Å². The molecule has 0 aliphatic heterocycles. The van der Waals surface area contributed by atoms with Gasteiger partial charge in [-0.3, -0.25) is 0 Å². The van der Waals surface area contributed by atoms with Crippen molar-refractivity contribution in [3.8, 4) is 0 Å². The number of thioether (sulfide) groups is 1. The number of hydrogen-bond acceptors (Lipinski definition) is 3. The first-order chi connectivity index (χ1) is 7.38. The second-order valence-corrected chi connectivity index (χ2v) is 5.24. The monoisotopic (exact) mass is 223 g/mol. The topological polar surface area (TPSA) is 22.1 Å². The number of hydrogen-bond donors (Lipinski definition) is 0. The van der Waals surface area contributed by atoms with Crippen molar-refractivity contribution in [1.29, 1.82) is 0 Å². The van der Waals surface area contributed by atoms with Gasteiger partial charge in [0, 0.05) is 18.6 Å². The highest BCUT2D eigenvalue weighted by atomic mass is 32.2. The van der Waals surface area contributed by atoms with Crippen molar-refractivity contribution in [3.63, 3.8) is 0 Å². The van der Waals surface area contributed by atoms with Gasteiger partial charge in [0.2, 0.25) is 0 Å². The van der Waals surface area contributed by atoms with Gasteiger partial charge in [0.1, 0.15) is 0 Å². The van der Waals surface area contributed by atoms with E-state index in [0.717, 1.165) is 10.3 Å². The normalized spacial score (nSPS) is 26.5. The largest absolute Gasteiger partial charge is 0.381 e. The molecule has 0 spiro atoms. The predicted octanol–water partition coefficient (Wildman–Crippen LogP) is 3.13. The van der Waals surface area contributed by atoms with E-state index < -0.39 is 0 Å². The molecule has 0 atom stereocenters. The molecule has 82 valence electrons. The Bertz CT molecular complexity index is 283. The maximum atomic E-state index is 5.36. The van der Waals surface area contributed by atoms with Gasteiger partial charge >= 0.3 is 0 Å². The quantitative estimate of drug-likeness (QED) is 0.786. The van der Waals surface area contributed by atoms with Crippen molar-refractivity contribution in [2.75, 3.05) is 7.11 Å². The van der Waals surface area contributed by atoms with Crippen LogP contribution in [-0.2, 0) is 4.74 Å². The average Bonchev–Trinajstić information content (AvgIpc) is 2.31. The van der Waals surface area contributed by atoms with Crippen LogP contribution in [0.15, 0.2) is 29.4 Å². The van der Waals surface area contributed by atoms with Crippen LogP contribution in [0.25, 0.3) is 0 Å². The smallest absolute Gasteiger partial charge is 0.0962 e. The SMILES string of the molecule is COC1CCC(Sc2ccccn2)CC1. The van der Waals surface area contributed by atoms with Crippen molar-refractivity contribution in [2.24, 2.45) is 0 Å². The van der Waals surface area contributed by atoms with E-state index in [1.165, 1.54) is 25.7 Å². The third-order valence-electron chi connectivity index (χ3n) is 2.88. The van der Waals surface area contributed by atoms with Gasteiger partial charge in [-0.25, -0.2) is 4.98 Å². The summed E-state index contributed by atoms with van der Waals surface area (Å²) in [6.45, 7) is 0. The van der Waals surface area contributed by atoms with Crippen LogP contribution in [0.1, 0.15) is 25.7 Å². The highest BCUT2D eigenvalue weighted by Crippen LogP contribution is 2.33. The van der Waals surface area contributed by atoms with Crippen molar-refractivity contribution in [3.05, 3.63) is 24.4 Å². The Morgan fingerprint density at radius 2 is 2.07 bits per heavy atom. The molecule has 0 N–H and O–H groups in total. The maximum Gasteiger partial charge on any atom is 0.0962 e. The molecule has 3 heteroatoms. The van der Waals surface area contributed by atoms with Gasteiger partial charge in [-0.1, -0.05) is 6.07 Å². The minimum atomic E-state index is 0.491. The summed E-state index contributed by atoms with van der Waals surface area (Å²) in [6, 6.07) is 6.11. The molecule has 0 aromatic carbocycles. The second kappa shape index (κ2) is 5.52. The van der Waals surface area contributed by atoms with E-state index in [1.807, 2.05) is 31.1 Å². The average molecular weight is 223 g/mol. The van der Waals surface area contributed by atoms with Gasteiger partial charge in [-0.15, -0.1) is 11.8 Å². The van der Waals surface area contributed by atoms with Gasteiger partial charge in [0.15, 0.2) is 0 Å². The first-order valence-electron chi connectivity index (χ1n) is 5.49. The van der Waals surface area contributed by atoms with Crippen LogP contribution in [-0.4, -0.2) is 23.4 Å². The lowest BCUT2D eigenvalue weighted by molar-refractivity contribution is 0.0723. The van der Waals surface area contributed by atoms with E-state index in [-0.39, 0.29) is 0 Å². The Balaban J connectivity index is 1.82. The fourth-order valence-electron chi connectivity index (χ4n) is 1.97. The number of ether oxygens (including phenoxy) is 1. The zero-order valence-corrected chi connectivity index (χ0v) is 9.87. The number of nitrogens with zero attached hydrogens (tertiary/aromatic N) is 1. The standard InChI is InChI=1S/C12H17NOS/c1-14-10-5-7-11(8-6-10)15-12-4-2-3-9-13-12/h2-4,9-11H,5-8H2,1H3. The molecule has 1 aromatic heterocycles. The zero-order valence-electron chi connectivity index (χ0n) is 9.06. The molecule has 1 aliphatic carbocycles. The molecule has 1 heterocycles. The van der Waals surface area contributed by atoms with Crippen LogP contribution in [0.2, 0.25) is 0 Å². The molecule has 2 nitrogen and oxygen atoms in total. The molecule has 1 aliphatic rings. The number of methoxy groups -OCH3 is 1. The molecular formula is C12H17NOS. The van der Waals surface area contributed by atoms with Crippen LogP contribution in [0.4, 0.5) is 0 Å². The summed E-state index contributed by atoms with van der Waals surface area (Å²) in [5, 5.41) is 1.88. The van der Waals surface area contributed by atoms with Gasteiger partial charge < -0.3 is 4.74 Å². The lowest BCUT2D eigenvalue weighted by Crippen LogP contribution is -2.21. The highest BCUT2D eigenvalue weighted by molar-refractivity contribution is 7.99. The predicted molar refractivity (Wildman–Crippen MR) is 63.1 cm³/mol. The van der Waals surface area contributed by atoms with E-state index in [0.29, 0.717) is 6.10 Å². The molecule has 0 amide bonds. The summed E-state index contributed by atoms with van der Waals surface area (Å²) in [6.07, 6.45) is 7.25. The Morgan fingerprint density at radius 3 is 2.67 bits per heavy atom. The summed E-state index contributed by atoms with van der Waals surface area (Å²) < 4.78 is 5.36. The minimum absolute atomic E-state index is 0.491. The number of aromatic nitrogens is 1. The molecule has 1 saturated carbocycles. The fourth-order valence-corrected chi connectivity index (χ4v) is 3.10. The molecule has 0 saturated heterocycles. The van der Waals surface area contributed by atoms with Crippen molar-refractivity contribution in [1.82, 2.24) is 4.98 Å². The van der Waals surface area contributed by atoms with E-state index >= 15 is 0 Å². The van der Waals surface area contributed by atoms with Gasteiger partial charge in [-0.2, -0.15) is 0 Å². The Hall–Kier alpha value is -0.540. The molecule has 15 heavy (non-hydrogen) atoms.